The zero-order chi connectivity index (χ0) is 15.1. The van der Waals surface area contributed by atoms with Crippen LogP contribution in [0.5, 0.6) is 0 Å². The first-order chi connectivity index (χ1) is 10.7. The second kappa shape index (κ2) is 5.06. The molecule has 1 N–H and O–H groups in total. The molecule has 0 spiro atoms. The van der Waals surface area contributed by atoms with E-state index in [1.807, 2.05) is 41.9 Å². The van der Waals surface area contributed by atoms with Crippen molar-refractivity contribution < 1.29 is 9.21 Å². The number of carbonyl (C=O) groups excluding carboxylic acids is 1. The molecule has 1 unspecified atom stereocenters. The minimum absolute atomic E-state index is 0.0430. The highest BCUT2D eigenvalue weighted by molar-refractivity contribution is 7.08. The number of hydrazone groups is 1. The summed E-state index contributed by atoms with van der Waals surface area (Å²) in [5.74, 6) is 0.674. The maximum Gasteiger partial charge on any atom is 0.240 e. The maximum atomic E-state index is 11.4. The van der Waals surface area contributed by atoms with E-state index in [9.17, 15) is 4.79 Å². The fourth-order valence-corrected chi connectivity index (χ4v) is 3.23. The standard InChI is InChI=1S/C16H13N3O2S/c1-9-6-14(20)18-19-15(9)10-2-3-13-12(7-10)17-16(21-13)11-4-5-22-8-11/h2-5,7-9H,6H2,1H3,(H,18,20). The third-order valence-electron chi connectivity index (χ3n) is 3.71. The van der Waals surface area contributed by atoms with E-state index in [0.29, 0.717) is 12.3 Å². The van der Waals surface area contributed by atoms with Crippen molar-refractivity contribution in [2.24, 2.45) is 11.0 Å². The minimum Gasteiger partial charge on any atom is -0.436 e. The van der Waals surface area contributed by atoms with Crippen LogP contribution < -0.4 is 5.43 Å². The van der Waals surface area contributed by atoms with Crippen LogP contribution >= 0.6 is 11.3 Å². The highest BCUT2D eigenvalue weighted by Gasteiger charge is 2.22. The van der Waals surface area contributed by atoms with Gasteiger partial charge in [0, 0.05) is 28.8 Å². The molecule has 110 valence electrons. The fraction of sp³-hybridized carbons (Fsp3) is 0.188. The van der Waals surface area contributed by atoms with Crippen LogP contribution in [0.4, 0.5) is 0 Å². The predicted octanol–water partition coefficient (Wildman–Crippen LogP) is 3.42. The maximum absolute atomic E-state index is 11.4. The van der Waals surface area contributed by atoms with Crippen LogP contribution in [-0.4, -0.2) is 16.6 Å². The first kappa shape index (κ1) is 13.2. The molecule has 6 heteroatoms. The summed E-state index contributed by atoms with van der Waals surface area (Å²) in [6, 6.07) is 7.80. The summed E-state index contributed by atoms with van der Waals surface area (Å²) in [6.45, 7) is 2.00. The molecule has 0 fully saturated rings. The summed E-state index contributed by atoms with van der Waals surface area (Å²) >= 11 is 1.61. The highest BCUT2D eigenvalue weighted by atomic mass is 32.1. The van der Waals surface area contributed by atoms with Crippen molar-refractivity contribution in [2.75, 3.05) is 0 Å². The van der Waals surface area contributed by atoms with Gasteiger partial charge in [-0.15, -0.1) is 0 Å². The Hall–Kier alpha value is -2.47. The number of carbonyl (C=O) groups is 1. The zero-order valence-corrected chi connectivity index (χ0v) is 12.7. The largest absolute Gasteiger partial charge is 0.436 e. The van der Waals surface area contributed by atoms with Gasteiger partial charge in [-0.2, -0.15) is 16.4 Å². The molecule has 5 nitrogen and oxygen atoms in total. The van der Waals surface area contributed by atoms with Crippen LogP contribution in [0.25, 0.3) is 22.6 Å². The molecule has 0 saturated heterocycles. The Morgan fingerprint density at radius 3 is 3.00 bits per heavy atom. The number of thiophene rings is 1. The SMILES string of the molecule is CC1CC(=O)NN=C1c1ccc2oc(-c3ccsc3)nc2c1. The summed E-state index contributed by atoms with van der Waals surface area (Å²) in [6.07, 6.45) is 0.454. The van der Waals surface area contributed by atoms with E-state index in [1.54, 1.807) is 11.3 Å². The molecule has 0 aliphatic carbocycles. The molecule has 22 heavy (non-hydrogen) atoms. The quantitative estimate of drug-likeness (QED) is 0.788. The molecule has 0 radical (unpaired) electrons. The number of nitrogens with one attached hydrogen (secondary N) is 1. The van der Waals surface area contributed by atoms with Crippen LogP contribution in [-0.2, 0) is 4.79 Å². The van der Waals surface area contributed by atoms with Crippen LogP contribution in [0.2, 0.25) is 0 Å². The summed E-state index contributed by atoms with van der Waals surface area (Å²) < 4.78 is 5.78. The van der Waals surface area contributed by atoms with E-state index in [0.717, 1.165) is 27.9 Å². The molecule has 2 aromatic heterocycles. The number of benzene rings is 1. The Kier molecular flexibility index (Phi) is 3.04. The average molecular weight is 311 g/mol. The van der Waals surface area contributed by atoms with Gasteiger partial charge >= 0.3 is 0 Å². The number of nitrogens with zero attached hydrogens (tertiary/aromatic N) is 2. The van der Waals surface area contributed by atoms with Gasteiger partial charge in [-0.05, 0) is 29.6 Å². The molecule has 4 rings (SSSR count). The molecule has 1 aliphatic heterocycles. The van der Waals surface area contributed by atoms with Crippen molar-refractivity contribution in [3.05, 3.63) is 40.6 Å². The van der Waals surface area contributed by atoms with E-state index in [1.165, 1.54) is 0 Å². The van der Waals surface area contributed by atoms with E-state index in [-0.39, 0.29) is 11.8 Å². The van der Waals surface area contributed by atoms with Crippen LogP contribution in [0.15, 0.2) is 44.5 Å². The first-order valence-corrected chi connectivity index (χ1v) is 7.95. The molecule has 3 heterocycles. The number of fused-ring (bicyclic) bond motifs is 1. The normalized spacial score (nSPS) is 18.3. The van der Waals surface area contributed by atoms with Crippen LogP contribution in [0, 0.1) is 5.92 Å². The molecule has 3 aromatic rings. The molecule has 1 atom stereocenters. The number of hydrogen-bond donors (Lipinski definition) is 1. The zero-order valence-electron chi connectivity index (χ0n) is 11.9. The summed E-state index contributed by atoms with van der Waals surface area (Å²) in [4.78, 5) is 15.9. The molecule has 1 aromatic carbocycles. The van der Waals surface area contributed by atoms with Gasteiger partial charge in [0.05, 0.1) is 5.71 Å². The fourth-order valence-electron chi connectivity index (χ4n) is 2.60. The Bertz CT molecular complexity index is 880. The monoisotopic (exact) mass is 311 g/mol. The van der Waals surface area contributed by atoms with E-state index in [2.05, 4.69) is 15.5 Å². The van der Waals surface area contributed by atoms with E-state index in [4.69, 9.17) is 4.42 Å². The van der Waals surface area contributed by atoms with E-state index < -0.39 is 0 Å². The van der Waals surface area contributed by atoms with Gasteiger partial charge in [-0.1, -0.05) is 6.92 Å². The Morgan fingerprint density at radius 1 is 1.32 bits per heavy atom. The topological polar surface area (TPSA) is 67.5 Å². The Balaban J connectivity index is 1.76. The smallest absolute Gasteiger partial charge is 0.240 e. The Labute approximate surface area is 130 Å². The number of hydrogen-bond acceptors (Lipinski definition) is 5. The molecule has 1 amide bonds. The predicted molar refractivity (Wildman–Crippen MR) is 85.8 cm³/mol. The lowest BCUT2D eigenvalue weighted by atomic mass is 9.94. The molecule has 0 saturated carbocycles. The van der Waals surface area contributed by atoms with Crippen molar-refractivity contribution in [1.29, 1.82) is 0 Å². The number of amides is 1. The summed E-state index contributed by atoms with van der Waals surface area (Å²) in [5, 5.41) is 8.19. The van der Waals surface area contributed by atoms with Gasteiger partial charge in [0.15, 0.2) is 5.58 Å². The number of aromatic nitrogens is 1. The van der Waals surface area contributed by atoms with Crippen molar-refractivity contribution in [1.82, 2.24) is 10.4 Å². The first-order valence-electron chi connectivity index (χ1n) is 7.00. The van der Waals surface area contributed by atoms with Gasteiger partial charge in [0.2, 0.25) is 11.8 Å². The van der Waals surface area contributed by atoms with E-state index >= 15 is 0 Å². The molecule has 0 bridgehead atoms. The lowest BCUT2D eigenvalue weighted by Crippen LogP contribution is -2.31. The molecule has 1 aliphatic rings. The van der Waals surface area contributed by atoms with Gasteiger partial charge in [0.25, 0.3) is 0 Å². The summed E-state index contributed by atoms with van der Waals surface area (Å²) in [7, 11) is 0. The third-order valence-corrected chi connectivity index (χ3v) is 4.39. The number of rotatable bonds is 2. The number of oxazole rings is 1. The molecular weight excluding hydrogens is 298 g/mol. The Morgan fingerprint density at radius 2 is 2.23 bits per heavy atom. The van der Waals surface area contributed by atoms with Gasteiger partial charge in [-0.25, -0.2) is 10.4 Å². The van der Waals surface area contributed by atoms with Gasteiger partial charge in [-0.3, -0.25) is 4.79 Å². The van der Waals surface area contributed by atoms with Crippen molar-refractivity contribution in [2.45, 2.75) is 13.3 Å². The van der Waals surface area contributed by atoms with Crippen LogP contribution in [0.1, 0.15) is 18.9 Å². The van der Waals surface area contributed by atoms with Crippen molar-refractivity contribution in [3.8, 4) is 11.5 Å². The lowest BCUT2D eigenvalue weighted by molar-refractivity contribution is -0.121. The van der Waals surface area contributed by atoms with Gasteiger partial charge < -0.3 is 4.42 Å². The lowest BCUT2D eigenvalue weighted by Gasteiger charge is -2.18. The highest BCUT2D eigenvalue weighted by Crippen LogP contribution is 2.27. The van der Waals surface area contributed by atoms with Gasteiger partial charge in [0.1, 0.15) is 5.52 Å². The second-order valence-corrected chi connectivity index (χ2v) is 6.13. The molecular formula is C16H13N3O2S. The summed E-state index contributed by atoms with van der Waals surface area (Å²) in [5.41, 5.74) is 6.91. The van der Waals surface area contributed by atoms with Crippen LogP contribution in [0.3, 0.4) is 0 Å². The van der Waals surface area contributed by atoms with Crippen molar-refractivity contribution >= 4 is 34.1 Å². The third kappa shape index (κ3) is 2.21. The van der Waals surface area contributed by atoms with Crippen molar-refractivity contribution in [3.63, 3.8) is 0 Å². The second-order valence-electron chi connectivity index (χ2n) is 5.35. The average Bonchev–Trinajstić information content (AvgIpc) is 3.15. The minimum atomic E-state index is -0.0430.